The maximum atomic E-state index is 13.8. The summed E-state index contributed by atoms with van der Waals surface area (Å²) >= 11 is 0. The molecule has 0 fully saturated rings. The minimum atomic E-state index is -4.83. The number of rotatable bonds is 6. The van der Waals surface area contributed by atoms with Gasteiger partial charge in [-0.25, -0.2) is 15.4 Å². The monoisotopic (exact) mass is 397 g/mol. The number of carbonyl (C=O) groups is 2. The second-order valence-corrected chi connectivity index (χ2v) is 6.11. The van der Waals surface area contributed by atoms with Crippen molar-refractivity contribution in [1.29, 1.82) is 0 Å². The Kier molecular flexibility index (Phi) is 6.29. The van der Waals surface area contributed by atoms with Crippen LogP contribution in [-0.2, 0) is 9.63 Å². The van der Waals surface area contributed by atoms with Gasteiger partial charge in [0, 0.05) is 31.4 Å². The molecule has 0 saturated carbocycles. The molecular weight excluding hydrogens is 379 g/mol. The Labute approximate surface area is 158 Å². The minimum Gasteiger partial charge on any atom is -0.311 e. The standard InChI is InChI=1S/C17H18F3N5O3/c1-10(12-4-5-23-14(8-12)24-11(2)26)16(3,17(18,19)20)28-25-15(27)13-9-21-6-7-22-13/h4-10H,1-3H3,(H,25,27)(H,23,24,26). The van der Waals surface area contributed by atoms with Crippen molar-refractivity contribution in [2.45, 2.75) is 38.5 Å². The first kappa shape index (κ1) is 21.2. The van der Waals surface area contributed by atoms with Crippen LogP contribution < -0.4 is 10.8 Å². The number of pyridine rings is 1. The van der Waals surface area contributed by atoms with Crippen molar-refractivity contribution in [2.75, 3.05) is 5.32 Å². The number of amides is 2. The van der Waals surface area contributed by atoms with Gasteiger partial charge in [0.2, 0.25) is 5.91 Å². The molecule has 150 valence electrons. The molecule has 0 aliphatic carbocycles. The van der Waals surface area contributed by atoms with Crippen molar-refractivity contribution in [3.05, 3.63) is 48.2 Å². The Morgan fingerprint density at radius 2 is 1.89 bits per heavy atom. The number of nitrogens with one attached hydrogen (secondary N) is 2. The number of alkyl halides is 3. The van der Waals surface area contributed by atoms with Crippen LogP contribution in [0.5, 0.6) is 0 Å². The molecule has 2 aromatic heterocycles. The molecule has 2 heterocycles. The van der Waals surface area contributed by atoms with Crippen molar-refractivity contribution in [2.24, 2.45) is 0 Å². The van der Waals surface area contributed by atoms with E-state index in [1.165, 1.54) is 44.6 Å². The van der Waals surface area contributed by atoms with E-state index in [0.29, 0.717) is 0 Å². The average molecular weight is 397 g/mol. The highest BCUT2D eigenvalue weighted by atomic mass is 19.4. The number of hydrogen-bond donors (Lipinski definition) is 2. The molecule has 0 aromatic carbocycles. The number of nitrogens with zero attached hydrogens (tertiary/aromatic N) is 3. The van der Waals surface area contributed by atoms with Gasteiger partial charge in [-0.2, -0.15) is 13.2 Å². The summed E-state index contributed by atoms with van der Waals surface area (Å²) in [6.07, 6.45) is 0.0673. The van der Waals surface area contributed by atoms with Crippen molar-refractivity contribution in [1.82, 2.24) is 20.4 Å². The summed E-state index contributed by atoms with van der Waals surface area (Å²) in [4.78, 5) is 39.2. The number of anilines is 1. The van der Waals surface area contributed by atoms with Gasteiger partial charge in [-0.15, -0.1) is 0 Å². The van der Waals surface area contributed by atoms with E-state index in [-0.39, 0.29) is 17.1 Å². The van der Waals surface area contributed by atoms with E-state index in [9.17, 15) is 22.8 Å². The second-order valence-electron chi connectivity index (χ2n) is 6.11. The van der Waals surface area contributed by atoms with Gasteiger partial charge in [0.15, 0.2) is 5.60 Å². The third kappa shape index (κ3) is 4.80. The molecule has 0 aliphatic rings. The largest absolute Gasteiger partial charge is 0.420 e. The molecule has 2 unspecified atom stereocenters. The molecule has 0 aliphatic heterocycles. The molecular formula is C17H18F3N5O3. The van der Waals surface area contributed by atoms with Crippen LogP contribution in [-0.4, -0.2) is 38.5 Å². The SMILES string of the molecule is CC(=O)Nc1cc(C(C)C(C)(ONC(=O)c2cnccn2)C(F)(F)F)ccn1. The molecule has 2 amide bonds. The van der Waals surface area contributed by atoms with Gasteiger partial charge in [0.05, 0.1) is 6.20 Å². The van der Waals surface area contributed by atoms with Crippen molar-refractivity contribution < 1.29 is 27.6 Å². The number of hydroxylamine groups is 1. The fourth-order valence-electron chi connectivity index (χ4n) is 2.30. The minimum absolute atomic E-state index is 0.102. The van der Waals surface area contributed by atoms with E-state index >= 15 is 0 Å². The molecule has 0 radical (unpaired) electrons. The summed E-state index contributed by atoms with van der Waals surface area (Å²) in [6, 6.07) is 2.68. The topological polar surface area (TPSA) is 106 Å². The Bertz CT molecular complexity index is 847. The van der Waals surface area contributed by atoms with Gasteiger partial charge in [-0.1, -0.05) is 6.92 Å². The maximum Gasteiger partial charge on any atom is 0.420 e. The number of hydrogen-bond acceptors (Lipinski definition) is 6. The fraction of sp³-hybridized carbons (Fsp3) is 0.353. The predicted octanol–water partition coefficient (Wildman–Crippen LogP) is 2.62. The Balaban J connectivity index is 2.26. The van der Waals surface area contributed by atoms with Crippen LogP contribution in [0.25, 0.3) is 0 Å². The first-order valence-corrected chi connectivity index (χ1v) is 8.09. The predicted molar refractivity (Wildman–Crippen MR) is 92.0 cm³/mol. The van der Waals surface area contributed by atoms with Crippen LogP contribution in [0.4, 0.5) is 19.0 Å². The third-order valence-corrected chi connectivity index (χ3v) is 4.13. The van der Waals surface area contributed by atoms with E-state index in [0.717, 1.165) is 13.1 Å². The number of aromatic nitrogens is 3. The van der Waals surface area contributed by atoms with Crippen LogP contribution in [0.1, 0.15) is 42.7 Å². The normalized spacial score (nSPS) is 14.6. The van der Waals surface area contributed by atoms with E-state index in [4.69, 9.17) is 4.84 Å². The molecule has 0 spiro atoms. The second kappa shape index (κ2) is 8.30. The van der Waals surface area contributed by atoms with Crippen LogP contribution >= 0.6 is 0 Å². The lowest BCUT2D eigenvalue weighted by molar-refractivity contribution is -0.291. The van der Waals surface area contributed by atoms with Crippen molar-refractivity contribution in [3.8, 4) is 0 Å². The van der Waals surface area contributed by atoms with E-state index in [1.807, 2.05) is 0 Å². The first-order chi connectivity index (χ1) is 13.0. The van der Waals surface area contributed by atoms with E-state index in [1.54, 1.807) is 5.48 Å². The molecule has 28 heavy (non-hydrogen) atoms. The molecule has 2 aromatic rings. The quantitative estimate of drug-likeness (QED) is 0.726. The Hall–Kier alpha value is -3.08. The third-order valence-electron chi connectivity index (χ3n) is 4.13. The zero-order valence-electron chi connectivity index (χ0n) is 15.2. The summed E-state index contributed by atoms with van der Waals surface area (Å²) in [6.45, 7) is 3.35. The van der Waals surface area contributed by atoms with Gasteiger partial charge in [0.1, 0.15) is 11.5 Å². The molecule has 2 N–H and O–H groups in total. The summed E-state index contributed by atoms with van der Waals surface area (Å²) in [5.41, 5.74) is -0.978. The van der Waals surface area contributed by atoms with Crippen LogP contribution in [0.3, 0.4) is 0 Å². The Morgan fingerprint density at radius 3 is 2.46 bits per heavy atom. The highest BCUT2D eigenvalue weighted by Crippen LogP contribution is 2.43. The highest BCUT2D eigenvalue weighted by molar-refractivity contribution is 5.91. The zero-order chi connectivity index (χ0) is 20.9. The highest BCUT2D eigenvalue weighted by Gasteiger charge is 2.57. The average Bonchev–Trinajstić information content (AvgIpc) is 2.64. The molecule has 0 bridgehead atoms. The fourth-order valence-corrected chi connectivity index (χ4v) is 2.30. The lowest BCUT2D eigenvalue weighted by Gasteiger charge is -2.36. The van der Waals surface area contributed by atoms with Gasteiger partial charge in [0.25, 0.3) is 5.91 Å². The molecule has 11 heteroatoms. The van der Waals surface area contributed by atoms with Crippen LogP contribution in [0.2, 0.25) is 0 Å². The molecule has 2 rings (SSSR count). The molecule has 0 saturated heterocycles. The summed E-state index contributed by atoms with van der Waals surface area (Å²) < 4.78 is 41.4. The Morgan fingerprint density at radius 1 is 1.18 bits per heavy atom. The van der Waals surface area contributed by atoms with Crippen molar-refractivity contribution in [3.63, 3.8) is 0 Å². The van der Waals surface area contributed by atoms with Crippen LogP contribution in [0.15, 0.2) is 36.9 Å². The lowest BCUT2D eigenvalue weighted by Crippen LogP contribution is -2.52. The van der Waals surface area contributed by atoms with Gasteiger partial charge < -0.3 is 5.32 Å². The maximum absolute atomic E-state index is 13.8. The lowest BCUT2D eigenvalue weighted by atomic mass is 9.84. The van der Waals surface area contributed by atoms with E-state index < -0.39 is 29.5 Å². The van der Waals surface area contributed by atoms with Gasteiger partial charge >= 0.3 is 6.18 Å². The number of halogens is 3. The first-order valence-electron chi connectivity index (χ1n) is 8.09. The van der Waals surface area contributed by atoms with Crippen LogP contribution in [0, 0.1) is 0 Å². The summed E-state index contributed by atoms with van der Waals surface area (Å²) in [5, 5.41) is 2.40. The van der Waals surface area contributed by atoms with Gasteiger partial charge in [-0.05, 0) is 24.6 Å². The summed E-state index contributed by atoms with van der Waals surface area (Å²) in [5.74, 6) is -2.54. The number of carbonyl (C=O) groups excluding carboxylic acids is 2. The van der Waals surface area contributed by atoms with Crippen molar-refractivity contribution >= 4 is 17.6 Å². The van der Waals surface area contributed by atoms with E-state index in [2.05, 4.69) is 20.3 Å². The molecule has 2 atom stereocenters. The van der Waals surface area contributed by atoms with Gasteiger partial charge in [-0.3, -0.25) is 19.4 Å². The zero-order valence-corrected chi connectivity index (χ0v) is 15.2. The summed E-state index contributed by atoms with van der Waals surface area (Å²) in [7, 11) is 0. The molecule has 8 nitrogen and oxygen atoms in total. The smallest absolute Gasteiger partial charge is 0.311 e.